The second-order valence-electron chi connectivity index (χ2n) is 7.89. The van der Waals surface area contributed by atoms with Gasteiger partial charge in [-0.3, -0.25) is 9.59 Å². The van der Waals surface area contributed by atoms with Gasteiger partial charge >= 0.3 is 0 Å². The molecule has 0 aliphatic carbocycles. The highest BCUT2D eigenvalue weighted by atomic mass is 35.5. The predicted molar refractivity (Wildman–Crippen MR) is 126 cm³/mol. The van der Waals surface area contributed by atoms with Crippen molar-refractivity contribution in [2.24, 2.45) is 0 Å². The molecule has 7 nitrogen and oxygen atoms in total. The van der Waals surface area contributed by atoms with Crippen LogP contribution < -0.4 is 9.47 Å². The quantitative estimate of drug-likeness (QED) is 0.248. The third-order valence-corrected chi connectivity index (χ3v) is 5.63. The molecule has 1 atom stereocenters. The Morgan fingerprint density at radius 3 is 2.33 bits per heavy atom. The molecule has 176 valence electrons. The van der Waals surface area contributed by atoms with Crippen LogP contribution in [0.2, 0.25) is 5.02 Å². The normalized spacial score (nSPS) is 17.6. The smallest absolute Gasteiger partial charge is 0.295 e. The topological polar surface area (TPSA) is 85.3 Å². The minimum Gasteiger partial charge on any atom is -0.507 e. The molecule has 0 spiro atoms. The van der Waals surface area contributed by atoms with Gasteiger partial charge in [-0.15, -0.1) is 0 Å². The maximum Gasteiger partial charge on any atom is 0.295 e. The van der Waals surface area contributed by atoms with Gasteiger partial charge in [0.25, 0.3) is 11.7 Å². The van der Waals surface area contributed by atoms with E-state index in [-0.39, 0.29) is 24.0 Å². The van der Waals surface area contributed by atoms with Crippen molar-refractivity contribution < 1.29 is 28.9 Å². The largest absolute Gasteiger partial charge is 0.507 e. The van der Waals surface area contributed by atoms with Crippen LogP contribution in [0.5, 0.6) is 11.5 Å². The maximum atomic E-state index is 13.1. The molecule has 0 aromatic heterocycles. The zero-order valence-electron chi connectivity index (χ0n) is 19.1. The van der Waals surface area contributed by atoms with E-state index in [0.717, 1.165) is 0 Å². The van der Waals surface area contributed by atoms with E-state index in [2.05, 4.69) is 0 Å². The maximum absolute atomic E-state index is 13.1. The molecule has 2 aromatic carbocycles. The number of benzene rings is 2. The van der Waals surface area contributed by atoms with Crippen molar-refractivity contribution in [1.29, 1.82) is 0 Å². The number of aliphatic hydroxyl groups is 1. The highest BCUT2D eigenvalue weighted by Gasteiger charge is 2.46. The van der Waals surface area contributed by atoms with Crippen molar-refractivity contribution in [2.45, 2.75) is 32.4 Å². The highest BCUT2D eigenvalue weighted by Crippen LogP contribution is 2.42. The molecule has 0 bridgehead atoms. The Hall–Kier alpha value is -3.03. The van der Waals surface area contributed by atoms with Crippen LogP contribution in [0.3, 0.4) is 0 Å². The molecule has 1 amide bonds. The van der Waals surface area contributed by atoms with Crippen LogP contribution in [0, 0.1) is 0 Å². The van der Waals surface area contributed by atoms with Crippen LogP contribution >= 0.6 is 11.6 Å². The summed E-state index contributed by atoms with van der Waals surface area (Å²) >= 11 is 5.97. The van der Waals surface area contributed by atoms with Crippen LogP contribution in [-0.2, 0) is 14.3 Å². The number of hydrogen-bond acceptors (Lipinski definition) is 6. The van der Waals surface area contributed by atoms with Gasteiger partial charge in [-0.05, 0) is 62.2 Å². The molecule has 2 aromatic rings. The Kier molecular flexibility index (Phi) is 8.00. The average Bonchev–Trinajstić information content (AvgIpc) is 3.06. The number of methoxy groups -OCH3 is 2. The van der Waals surface area contributed by atoms with E-state index < -0.39 is 17.7 Å². The van der Waals surface area contributed by atoms with E-state index in [0.29, 0.717) is 40.7 Å². The SMILES string of the molecule is COc1ccc(C2/C(=C(/O)c3ccc(Cl)cc3)C(=O)C(=O)N2CCCOC(C)C)cc1OC. The molecule has 1 heterocycles. The minimum atomic E-state index is -0.792. The van der Waals surface area contributed by atoms with Crippen molar-refractivity contribution >= 4 is 29.1 Å². The monoisotopic (exact) mass is 473 g/mol. The fourth-order valence-corrected chi connectivity index (χ4v) is 3.92. The summed E-state index contributed by atoms with van der Waals surface area (Å²) in [5.74, 6) is -0.705. The zero-order valence-corrected chi connectivity index (χ0v) is 19.9. The van der Waals surface area contributed by atoms with E-state index in [1.165, 1.54) is 19.1 Å². The number of rotatable bonds is 9. The lowest BCUT2D eigenvalue weighted by Gasteiger charge is -2.26. The third kappa shape index (κ3) is 5.31. The first-order chi connectivity index (χ1) is 15.8. The first kappa shape index (κ1) is 24.6. The minimum absolute atomic E-state index is 0.0133. The molecular formula is C25H28ClNO6. The number of amides is 1. The lowest BCUT2D eigenvalue weighted by atomic mass is 9.95. The lowest BCUT2D eigenvalue weighted by molar-refractivity contribution is -0.140. The summed E-state index contributed by atoms with van der Waals surface area (Å²) in [5.41, 5.74) is 1.03. The van der Waals surface area contributed by atoms with Crippen LogP contribution in [0.4, 0.5) is 0 Å². The van der Waals surface area contributed by atoms with Gasteiger partial charge in [0, 0.05) is 23.7 Å². The van der Waals surface area contributed by atoms with Crippen molar-refractivity contribution in [3.8, 4) is 11.5 Å². The van der Waals surface area contributed by atoms with E-state index in [4.69, 9.17) is 25.8 Å². The second kappa shape index (κ2) is 10.7. The van der Waals surface area contributed by atoms with Crippen molar-refractivity contribution in [2.75, 3.05) is 27.4 Å². The van der Waals surface area contributed by atoms with Crippen molar-refractivity contribution in [3.05, 3.63) is 64.2 Å². The third-order valence-electron chi connectivity index (χ3n) is 5.38. The highest BCUT2D eigenvalue weighted by molar-refractivity contribution is 6.46. The van der Waals surface area contributed by atoms with Gasteiger partial charge in [-0.25, -0.2) is 0 Å². The summed E-state index contributed by atoms with van der Waals surface area (Å²) in [6.45, 7) is 4.59. The van der Waals surface area contributed by atoms with Crippen molar-refractivity contribution in [3.63, 3.8) is 0 Å². The molecular weight excluding hydrogens is 446 g/mol. The van der Waals surface area contributed by atoms with Gasteiger partial charge in [0.05, 0.1) is 31.9 Å². The number of carbonyl (C=O) groups is 2. The lowest BCUT2D eigenvalue weighted by Crippen LogP contribution is -2.31. The van der Waals surface area contributed by atoms with Gasteiger partial charge in [0.1, 0.15) is 5.76 Å². The molecule has 1 N–H and O–H groups in total. The van der Waals surface area contributed by atoms with Crippen LogP contribution in [0.1, 0.15) is 37.4 Å². The fourth-order valence-electron chi connectivity index (χ4n) is 3.80. The summed E-state index contributed by atoms with van der Waals surface area (Å²) in [6, 6.07) is 10.8. The number of nitrogens with zero attached hydrogens (tertiary/aromatic N) is 1. The zero-order chi connectivity index (χ0) is 24.1. The molecule has 1 saturated heterocycles. The summed E-state index contributed by atoms with van der Waals surface area (Å²) in [5, 5.41) is 11.6. The number of Topliss-reactive ketones (excluding diaryl/α,β-unsaturated/α-hetero) is 1. The van der Waals surface area contributed by atoms with Crippen LogP contribution in [0.25, 0.3) is 5.76 Å². The number of aliphatic hydroxyl groups excluding tert-OH is 1. The van der Waals surface area contributed by atoms with E-state index in [1.807, 2.05) is 13.8 Å². The summed E-state index contributed by atoms with van der Waals surface area (Å²) in [4.78, 5) is 27.6. The fraction of sp³-hybridized carbons (Fsp3) is 0.360. The average molecular weight is 474 g/mol. The summed E-state index contributed by atoms with van der Waals surface area (Å²) in [7, 11) is 3.04. The summed E-state index contributed by atoms with van der Waals surface area (Å²) in [6.07, 6.45) is 0.600. The summed E-state index contributed by atoms with van der Waals surface area (Å²) < 4.78 is 16.3. The molecule has 1 unspecified atom stereocenters. The Balaban J connectivity index is 2.08. The first-order valence-corrected chi connectivity index (χ1v) is 11.0. The number of halogens is 1. The first-order valence-electron chi connectivity index (χ1n) is 10.7. The van der Waals surface area contributed by atoms with E-state index in [1.54, 1.807) is 42.5 Å². The van der Waals surface area contributed by atoms with Crippen LogP contribution in [-0.4, -0.2) is 55.2 Å². The van der Waals surface area contributed by atoms with E-state index in [9.17, 15) is 14.7 Å². The number of carbonyl (C=O) groups excluding carboxylic acids is 2. The standard InChI is InChI=1S/C25H28ClNO6/c1-15(2)33-13-5-12-27-22(17-8-11-19(31-3)20(14-17)32-4)21(24(29)25(27)30)23(28)16-6-9-18(26)10-7-16/h6-11,14-15,22,28H,5,12-13H2,1-4H3/b23-21-. The Morgan fingerprint density at radius 1 is 1.06 bits per heavy atom. The number of likely N-dealkylation sites (tertiary alicyclic amines) is 1. The second-order valence-corrected chi connectivity index (χ2v) is 8.32. The Bertz CT molecular complexity index is 1050. The molecule has 1 fully saturated rings. The molecule has 1 aliphatic heterocycles. The Labute approximate surface area is 198 Å². The molecule has 3 rings (SSSR count). The van der Waals surface area contributed by atoms with Crippen LogP contribution in [0.15, 0.2) is 48.0 Å². The van der Waals surface area contributed by atoms with Gasteiger partial charge in [0.15, 0.2) is 11.5 Å². The molecule has 33 heavy (non-hydrogen) atoms. The molecule has 1 aliphatic rings. The van der Waals surface area contributed by atoms with Gasteiger partial charge in [-0.2, -0.15) is 0 Å². The predicted octanol–water partition coefficient (Wildman–Crippen LogP) is 4.59. The number of ketones is 1. The van der Waals surface area contributed by atoms with Gasteiger partial charge in [-0.1, -0.05) is 17.7 Å². The molecule has 8 heteroatoms. The molecule has 0 saturated carbocycles. The van der Waals surface area contributed by atoms with Crippen molar-refractivity contribution in [1.82, 2.24) is 4.90 Å². The number of ether oxygens (including phenoxy) is 3. The number of hydrogen-bond donors (Lipinski definition) is 1. The van der Waals surface area contributed by atoms with E-state index >= 15 is 0 Å². The molecule has 0 radical (unpaired) electrons. The van der Waals surface area contributed by atoms with Gasteiger partial charge < -0.3 is 24.2 Å². The Morgan fingerprint density at radius 2 is 1.73 bits per heavy atom. The van der Waals surface area contributed by atoms with Gasteiger partial charge in [0.2, 0.25) is 0 Å².